The summed E-state index contributed by atoms with van der Waals surface area (Å²) in [5.74, 6) is 0.604. The molecule has 0 radical (unpaired) electrons. The van der Waals surface area contributed by atoms with Crippen LogP contribution in [0, 0.1) is 0 Å². The Kier molecular flexibility index (Phi) is 6.36. The Morgan fingerprint density at radius 2 is 1.89 bits per heavy atom. The fraction of sp³-hybridized carbons (Fsp3) is 0.130. The van der Waals surface area contributed by atoms with E-state index in [4.69, 9.17) is 4.74 Å². The van der Waals surface area contributed by atoms with Crippen LogP contribution in [0.2, 0.25) is 0 Å². The van der Waals surface area contributed by atoms with Gasteiger partial charge < -0.3 is 10.1 Å². The van der Waals surface area contributed by atoms with Gasteiger partial charge in [0, 0.05) is 12.3 Å². The predicted molar refractivity (Wildman–Crippen MR) is 107 cm³/mol. The molecule has 0 fully saturated rings. The first kappa shape index (κ1) is 18.4. The maximum Gasteiger partial charge on any atom is 0.244 e. The van der Waals surface area contributed by atoms with Gasteiger partial charge in [0.15, 0.2) is 0 Å². The lowest BCUT2D eigenvalue weighted by Crippen LogP contribution is -2.25. The molecule has 3 rings (SSSR count). The first-order valence-corrected chi connectivity index (χ1v) is 8.87. The molecular formula is C23H22N2O2. The number of aromatic nitrogens is 1. The lowest BCUT2D eigenvalue weighted by molar-refractivity contribution is -0.117. The third-order valence-corrected chi connectivity index (χ3v) is 4.02. The van der Waals surface area contributed by atoms with Gasteiger partial charge in [-0.1, -0.05) is 48.5 Å². The van der Waals surface area contributed by atoms with Crippen molar-refractivity contribution < 1.29 is 9.53 Å². The number of ether oxygens (including phenoxy) is 1. The van der Waals surface area contributed by atoms with E-state index in [1.165, 1.54) is 6.08 Å². The highest BCUT2D eigenvalue weighted by Gasteiger charge is 2.07. The summed E-state index contributed by atoms with van der Waals surface area (Å²) in [4.78, 5) is 16.4. The minimum atomic E-state index is -0.163. The topological polar surface area (TPSA) is 51.2 Å². The average molecular weight is 358 g/mol. The summed E-state index contributed by atoms with van der Waals surface area (Å²) in [6.07, 6.45) is 5.01. The van der Waals surface area contributed by atoms with Crippen molar-refractivity contribution in [3.8, 4) is 5.75 Å². The van der Waals surface area contributed by atoms with Crippen LogP contribution in [-0.2, 0) is 11.4 Å². The van der Waals surface area contributed by atoms with Gasteiger partial charge in [-0.2, -0.15) is 0 Å². The number of carbonyl (C=O) groups excluding carboxylic acids is 1. The fourth-order valence-electron chi connectivity index (χ4n) is 2.59. The van der Waals surface area contributed by atoms with Gasteiger partial charge in [0.2, 0.25) is 5.91 Å². The van der Waals surface area contributed by atoms with E-state index in [1.807, 2.05) is 79.7 Å². The van der Waals surface area contributed by atoms with E-state index in [1.54, 1.807) is 12.3 Å². The van der Waals surface area contributed by atoms with Crippen LogP contribution in [-0.4, -0.2) is 10.9 Å². The minimum Gasteiger partial charge on any atom is -0.489 e. The Hall–Kier alpha value is -3.40. The molecule has 0 saturated heterocycles. The Morgan fingerprint density at radius 1 is 1.07 bits per heavy atom. The molecule has 3 aromatic rings. The predicted octanol–water partition coefficient (Wildman–Crippen LogP) is 4.55. The van der Waals surface area contributed by atoms with Crippen molar-refractivity contribution in [3.05, 3.63) is 102 Å². The van der Waals surface area contributed by atoms with Crippen LogP contribution < -0.4 is 10.1 Å². The van der Waals surface area contributed by atoms with Crippen LogP contribution in [0.25, 0.3) is 6.08 Å². The smallest absolute Gasteiger partial charge is 0.244 e. The maximum atomic E-state index is 12.1. The Morgan fingerprint density at radius 3 is 2.67 bits per heavy atom. The van der Waals surface area contributed by atoms with Gasteiger partial charge in [-0.15, -0.1) is 0 Å². The molecular weight excluding hydrogens is 336 g/mol. The fourth-order valence-corrected chi connectivity index (χ4v) is 2.59. The molecule has 0 aliphatic carbocycles. The van der Waals surface area contributed by atoms with Crippen molar-refractivity contribution in [2.45, 2.75) is 19.6 Å². The number of hydrogen-bond acceptors (Lipinski definition) is 3. The van der Waals surface area contributed by atoms with Gasteiger partial charge in [0.1, 0.15) is 12.4 Å². The van der Waals surface area contributed by atoms with Crippen LogP contribution in [0.15, 0.2) is 85.1 Å². The summed E-state index contributed by atoms with van der Waals surface area (Å²) < 4.78 is 5.82. The maximum absolute atomic E-state index is 12.1. The Labute approximate surface area is 159 Å². The summed E-state index contributed by atoms with van der Waals surface area (Å²) >= 11 is 0. The number of nitrogens with zero attached hydrogens (tertiary/aromatic N) is 1. The molecule has 1 atom stereocenters. The molecule has 0 aliphatic rings. The molecule has 0 saturated carbocycles. The lowest BCUT2D eigenvalue weighted by Gasteiger charge is -2.11. The van der Waals surface area contributed by atoms with Crippen LogP contribution >= 0.6 is 0 Å². The summed E-state index contributed by atoms with van der Waals surface area (Å²) in [6.45, 7) is 2.42. The van der Waals surface area contributed by atoms with Crippen molar-refractivity contribution in [2.24, 2.45) is 0 Å². The number of hydrogen-bond donors (Lipinski definition) is 1. The number of nitrogens with one attached hydrogen (secondary N) is 1. The molecule has 136 valence electrons. The molecule has 0 spiro atoms. The number of rotatable bonds is 7. The Bertz CT molecular complexity index is 893. The largest absolute Gasteiger partial charge is 0.489 e. The van der Waals surface area contributed by atoms with E-state index in [0.29, 0.717) is 6.61 Å². The van der Waals surface area contributed by atoms with Crippen LogP contribution in [0.5, 0.6) is 5.75 Å². The van der Waals surface area contributed by atoms with Crippen LogP contribution in [0.3, 0.4) is 0 Å². The zero-order chi connectivity index (χ0) is 18.9. The molecule has 1 unspecified atom stereocenters. The molecule has 1 N–H and O–H groups in total. The van der Waals surface area contributed by atoms with E-state index < -0.39 is 0 Å². The molecule has 1 heterocycles. The number of carbonyl (C=O) groups is 1. The van der Waals surface area contributed by atoms with E-state index in [2.05, 4.69) is 10.3 Å². The highest BCUT2D eigenvalue weighted by atomic mass is 16.5. The van der Waals surface area contributed by atoms with Crippen LogP contribution in [0.1, 0.15) is 29.8 Å². The second-order valence-electron chi connectivity index (χ2n) is 6.16. The second kappa shape index (κ2) is 9.34. The lowest BCUT2D eigenvalue weighted by atomic mass is 10.2. The van der Waals surface area contributed by atoms with Crippen molar-refractivity contribution in [1.29, 1.82) is 0 Å². The number of pyridine rings is 1. The van der Waals surface area contributed by atoms with E-state index in [9.17, 15) is 4.79 Å². The molecule has 2 aromatic carbocycles. The summed E-state index contributed by atoms with van der Waals surface area (Å²) in [5.41, 5.74) is 2.85. The zero-order valence-electron chi connectivity index (χ0n) is 15.2. The van der Waals surface area contributed by atoms with E-state index in [0.717, 1.165) is 22.6 Å². The monoisotopic (exact) mass is 358 g/mol. The third-order valence-electron chi connectivity index (χ3n) is 4.02. The average Bonchev–Trinajstić information content (AvgIpc) is 2.72. The summed E-state index contributed by atoms with van der Waals surface area (Å²) in [5, 5.41) is 2.91. The molecule has 1 amide bonds. The van der Waals surface area contributed by atoms with E-state index in [-0.39, 0.29) is 11.9 Å². The highest BCUT2D eigenvalue weighted by molar-refractivity contribution is 5.92. The van der Waals surface area contributed by atoms with Gasteiger partial charge in [-0.3, -0.25) is 9.78 Å². The minimum absolute atomic E-state index is 0.149. The number of amides is 1. The van der Waals surface area contributed by atoms with Crippen molar-refractivity contribution in [3.63, 3.8) is 0 Å². The Balaban J connectivity index is 1.56. The first-order chi connectivity index (χ1) is 13.2. The zero-order valence-corrected chi connectivity index (χ0v) is 15.2. The first-order valence-electron chi connectivity index (χ1n) is 8.87. The normalized spacial score (nSPS) is 11.9. The molecule has 4 nitrogen and oxygen atoms in total. The van der Waals surface area contributed by atoms with Gasteiger partial charge in [-0.05, 0) is 48.4 Å². The highest BCUT2D eigenvalue weighted by Crippen LogP contribution is 2.16. The quantitative estimate of drug-likeness (QED) is 0.630. The molecule has 27 heavy (non-hydrogen) atoms. The van der Waals surface area contributed by atoms with Gasteiger partial charge in [-0.25, -0.2) is 0 Å². The summed E-state index contributed by atoms with van der Waals surface area (Å²) in [7, 11) is 0. The number of benzene rings is 2. The summed E-state index contributed by atoms with van der Waals surface area (Å²) in [6, 6.07) is 23.2. The standard InChI is InChI=1S/C23H22N2O2/c1-18(22-12-5-6-15-24-22)25-23(26)14-13-19-10-7-11-21(16-19)27-17-20-8-3-2-4-9-20/h2-16,18H,17H2,1H3,(H,25,26)/b14-13+. The van der Waals surface area contributed by atoms with Gasteiger partial charge in [0.05, 0.1) is 11.7 Å². The van der Waals surface area contributed by atoms with Crippen molar-refractivity contribution >= 4 is 12.0 Å². The van der Waals surface area contributed by atoms with Gasteiger partial charge in [0.25, 0.3) is 0 Å². The van der Waals surface area contributed by atoms with Crippen molar-refractivity contribution in [2.75, 3.05) is 0 Å². The van der Waals surface area contributed by atoms with Crippen molar-refractivity contribution in [1.82, 2.24) is 10.3 Å². The van der Waals surface area contributed by atoms with E-state index >= 15 is 0 Å². The second-order valence-corrected chi connectivity index (χ2v) is 6.16. The molecule has 0 bridgehead atoms. The molecule has 0 aliphatic heterocycles. The molecule has 4 heteroatoms. The van der Waals surface area contributed by atoms with Crippen LogP contribution in [0.4, 0.5) is 0 Å². The molecule has 1 aromatic heterocycles. The third kappa shape index (κ3) is 5.82. The SMILES string of the molecule is CC(NC(=O)/C=C/c1cccc(OCc2ccccc2)c1)c1ccccn1. The van der Waals surface area contributed by atoms with Gasteiger partial charge >= 0.3 is 0 Å².